The first-order chi connectivity index (χ1) is 11.3. The molecule has 8 nitrogen and oxygen atoms in total. The van der Waals surface area contributed by atoms with Crippen LogP contribution in [0, 0.1) is 0 Å². The largest absolute Gasteiger partial charge is 0.513 e. The molecule has 0 bridgehead atoms. The maximum atomic E-state index is 11.8. The Kier molecular flexibility index (Phi) is 12.0. The number of hydrogen-bond donors (Lipinski definition) is 5. The number of carboxylic acid groups (broad SMARTS) is 1. The number of allylic oxidation sites excluding steroid dienone is 1. The molecule has 0 aromatic heterocycles. The smallest absolute Gasteiger partial charge is 0.326 e. The number of nitrogens with one attached hydrogen (secondary N) is 1. The minimum atomic E-state index is -1.06. The minimum Gasteiger partial charge on any atom is -0.513 e. The highest BCUT2D eigenvalue weighted by Crippen LogP contribution is 2.09. The van der Waals surface area contributed by atoms with E-state index < -0.39 is 12.0 Å². The van der Waals surface area contributed by atoms with Gasteiger partial charge in [-0.15, -0.1) is 0 Å². The van der Waals surface area contributed by atoms with Crippen LogP contribution < -0.4 is 16.8 Å². The summed E-state index contributed by atoms with van der Waals surface area (Å²) in [5.41, 5.74) is 10.4. The summed E-state index contributed by atoms with van der Waals surface area (Å²) in [5, 5.41) is 20.6. The van der Waals surface area contributed by atoms with E-state index in [1.54, 1.807) is 0 Å². The van der Waals surface area contributed by atoms with E-state index in [0.717, 1.165) is 25.7 Å². The minimum absolute atomic E-state index is 0.0331. The molecule has 7 N–H and O–H groups in total. The van der Waals surface area contributed by atoms with E-state index in [-0.39, 0.29) is 24.0 Å². The average molecular weight is 342 g/mol. The predicted octanol–water partition coefficient (Wildman–Crippen LogP) is 1.41. The van der Waals surface area contributed by atoms with Crippen molar-refractivity contribution in [3.8, 4) is 0 Å². The molecule has 0 fully saturated rings. The Labute approximate surface area is 143 Å². The van der Waals surface area contributed by atoms with Gasteiger partial charge in [-0.3, -0.25) is 9.79 Å². The van der Waals surface area contributed by atoms with Crippen molar-refractivity contribution in [2.75, 3.05) is 6.54 Å². The summed E-state index contributed by atoms with van der Waals surface area (Å²) in [4.78, 5) is 26.7. The van der Waals surface area contributed by atoms with Gasteiger partial charge in [0.05, 0.1) is 5.76 Å². The number of aliphatic imine (C=N–C) groups is 1. The monoisotopic (exact) mass is 342 g/mol. The summed E-state index contributed by atoms with van der Waals surface area (Å²) >= 11 is 0. The number of aliphatic hydroxyl groups is 1. The first-order valence-corrected chi connectivity index (χ1v) is 8.27. The third kappa shape index (κ3) is 13.4. The molecule has 0 aromatic rings. The second-order valence-electron chi connectivity index (χ2n) is 5.74. The van der Waals surface area contributed by atoms with E-state index in [1.807, 2.05) is 0 Å². The van der Waals surface area contributed by atoms with Gasteiger partial charge in [-0.2, -0.15) is 0 Å². The Balaban J connectivity index is 3.85. The Bertz CT molecular complexity index is 434. The molecule has 0 aliphatic heterocycles. The van der Waals surface area contributed by atoms with Crippen LogP contribution in [0.25, 0.3) is 0 Å². The third-order valence-corrected chi connectivity index (χ3v) is 3.45. The van der Waals surface area contributed by atoms with E-state index in [9.17, 15) is 9.59 Å². The molecule has 24 heavy (non-hydrogen) atoms. The summed E-state index contributed by atoms with van der Waals surface area (Å²) in [6, 6.07) is -0.915. The molecule has 0 aromatic carbocycles. The lowest BCUT2D eigenvalue weighted by molar-refractivity contribution is -0.142. The number of nitrogens with zero attached hydrogens (tertiary/aromatic N) is 1. The number of rotatable bonds is 14. The molecule has 1 unspecified atom stereocenters. The normalized spacial score (nSPS) is 11.5. The van der Waals surface area contributed by atoms with Crippen molar-refractivity contribution >= 4 is 17.8 Å². The van der Waals surface area contributed by atoms with Gasteiger partial charge in [-0.25, -0.2) is 4.79 Å². The van der Waals surface area contributed by atoms with Gasteiger partial charge in [0.15, 0.2) is 5.96 Å². The SMILES string of the molecule is C=C(O)CCCCCCCC(=O)NC(CCCN=C(N)N)C(=O)O. The van der Waals surface area contributed by atoms with Crippen molar-refractivity contribution in [2.24, 2.45) is 16.5 Å². The number of amides is 1. The van der Waals surface area contributed by atoms with Crippen LogP contribution in [0.3, 0.4) is 0 Å². The molecule has 138 valence electrons. The number of carbonyl (C=O) groups excluding carboxylic acids is 1. The second kappa shape index (κ2) is 13.2. The molecule has 0 spiro atoms. The van der Waals surface area contributed by atoms with Gasteiger partial charge >= 0.3 is 5.97 Å². The summed E-state index contributed by atoms with van der Waals surface area (Å²) in [6.07, 6.45) is 6.13. The fourth-order valence-electron chi connectivity index (χ4n) is 2.17. The number of unbranched alkanes of at least 4 members (excludes halogenated alkanes) is 4. The molecule has 0 aliphatic rings. The molecule has 0 saturated heterocycles. The lowest BCUT2D eigenvalue weighted by atomic mass is 10.1. The fourth-order valence-corrected chi connectivity index (χ4v) is 2.17. The molecule has 0 heterocycles. The van der Waals surface area contributed by atoms with Gasteiger partial charge in [-0.05, 0) is 25.7 Å². The van der Waals surface area contributed by atoms with Crippen molar-refractivity contribution in [3.63, 3.8) is 0 Å². The standard InChI is InChI=1S/C16H30N4O4/c1-12(21)8-5-3-2-4-6-10-14(22)20-13(15(23)24)9-7-11-19-16(17)18/h13,21H,1-11H2,(H,20,22)(H,23,24)(H4,17,18,19). The van der Waals surface area contributed by atoms with Gasteiger partial charge in [-0.1, -0.05) is 25.8 Å². The zero-order valence-electron chi connectivity index (χ0n) is 14.2. The Morgan fingerprint density at radius 2 is 1.58 bits per heavy atom. The van der Waals surface area contributed by atoms with Crippen molar-refractivity contribution in [2.45, 2.75) is 63.8 Å². The first-order valence-electron chi connectivity index (χ1n) is 8.27. The number of hydrogen-bond acceptors (Lipinski definition) is 4. The molecule has 1 atom stereocenters. The van der Waals surface area contributed by atoms with Gasteiger partial charge in [0, 0.05) is 19.4 Å². The van der Waals surface area contributed by atoms with Crippen LogP contribution in [0.4, 0.5) is 0 Å². The summed E-state index contributed by atoms with van der Waals surface area (Å²) in [7, 11) is 0. The van der Waals surface area contributed by atoms with E-state index in [2.05, 4.69) is 16.9 Å². The highest BCUT2D eigenvalue weighted by Gasteiger charge is 2.18. The summed E-state index contributed by atoms with van der Waals surface area (Å²) < 4.78 is 0. The van der Waals surface area contributed by atoms with E-state index >= 15 is 0 Å². The molecule has 0 aliphatic carbocycles. The average Bonchev–Trinajstić information content (AvgIpc) is 2.48. The van der Waals surface area contributed by atoms with E-state index in [0.29, 0.717) is 32.2 Å². The Morgan fingerprint density at radius 3 is 2.12 bits per heavy atom. The molecular weight excluding hydrogens is 312 g/mol. The maximum Gasteiger partial charge on any atom is 0.326 e. The first kappa shape index (κ1) is 21.8. The predicted molar refractivity (Wildman–Crippen MR) is 93.6 cm³/mol. The van der Waals surface area contributed by atoms with Crippen LogP contribution >= 0.6 is 0 Å². The zero-order chi connectivity index (χ0) is 18.4. The van der Waals surface area contributed by atoms with Crippen LogP contribution in [0.2, 0.25) is 0 Å². The number of aliphatic hydroxyl groups excluding tert-OH is 1. The quantitative estimate of drug-likeness (QED) is 0.139. The molecule has 0 saturated carbocycles. The van der Waals surface area contributed by atoms with Crippen molar-refractivity contribution in [1.82, 2.24) is 5.32 Å². The topological polar surface area (TPSA) is 151 Å². The van der Waals surface area contributed by atoms with Crippen molar-refractivity contribution in [3.05, 3.63) is 12.3 Å². The van der Waals surface area contributed by atoms with Crippen LogP contribution in [-0.2, 0) is 9.59 Å². The third-order valence-electron chi connectivity index (χ3n) is 3.45. The van der Waals surface area contributed by atoms with Crippen LogP contribution in [0.15, 0.2) is 17.3 Å². The number of guanidine groups is 1. The van der Waals surface area contributed by atoms with Gasteiger partial charge in [0.1, 0.15) is 6.04 Å². The molecule has 8 heteroatoms. The number of carbonyl (C=O) groups is 2. The van der Waals surface area contributed by atoms with Crippen LogP contribution in [0.5, 0.6) is 0 Å². The van der Waals surface area contributed by atoms with Gasteiger partial charge < -0.3 is 27.0 Å². The molecule has 0 rings (SSSR count). The highest BCUT2D eigenvalue weighted by atomic mass is 16.4. The van der Waals surface area contributed by atoms with E-state index in [4.69, 9.17) is 21.7 Å². The van der Waals surface area contributed by atoms with Crippen molar-refractivity contribution < 1.29 is 19.8 Å². The molecule has 1 amide bonds. The number of nitrogens with two attached hydrogens (primary N) is 2. The van der Waals surface area contributed by atoms with Crippen molar-refractivity contribution in [1.29, 1.82) is 0 Å². The van der Waals surface area contributed by atoms with Crippen LogP contribution in [-0.4, -0.2) is 40.6 Å². The van der Waals surface area contributed by atoms with Crippen LogP contribution in [0.1, 0.15) is 57.8 Å². The van der Waals surface area contributed by atoms with Gasteiger partial charge in [0.2, 0.25) is 5.91 Å². The maximum absolute atomic E-state index is 11.8. The highest BCUT2D eigenvalue weighted by molar-refractivity contribution is 5.83. The fraction of sp³-hybridized carbons (Fsp3) is 0.688. The lowest BCUT2D eigenvalue weighted by Crippen LogP contribution is -2.40. The Hall–Kier alpha value is -2.25. The number of carboxylic acids is 1. The Morgan fingerprint density at radius 1 is 1.00 bits per heavy atom. The summed E-state index contributed by atoms with van der Waals surface area (Å²) in [6.45, 7) is 3.76. The molecular formula is C16H30N4O4. The lowest BCUT2D eigenvalue weighted by Gasteiger charge is -2.14. The second-order valence-corrected chi connectivity index (χ2v) is 5.74. The molecule has 0 radical (unpaired) electrons. The zero-order valence-corrected chi connectivity index (χ0v) is 14.2. The number of aliphatic carboxylic acids is 1. The van der Waals surface area contributed by atoms with Gasteiger partial charge in [0.25, 0.3) is 0 Å². The van der Waals surface area contributed by atoms with E-state index in [1.165, 1.54) is 0 Å². The summed E-state index contributed by atoms with van der Waals surface area (Å²) in [5.74, 6) is -1.14.